The molecule has 3 rings (SSSR count). The molecule has 2 aliphatic rings. The summed E-state index contributed by atoms with van der Waals surface area (Å²) in [5.74, 6) is 2.47. The zero-order valence-corrected chi connectivity index (χ0v) is 8.88. The number of rotatable bonds is 0. The van der Waals surface area contributed by atoms with E-state index < -0.39 is 0 Å². The SMILES string of the molecule is CC1CNc2cc3c(cc2C1)OCCO3. The molecule has 0 amide bonds. The topological polar surface area (TPSA) is 30.5 Å². The van der Waals surface area contributed by atoms with Crippen molar-refractivity contribution in [3.05, 3.63) is 17.7 Å². The van der Waals surface area contributed by atoms with Gasteiger partial charge >= 0.3 is 0 Å². The molecule has 15 heavy (non-hydrogen) atoms. The van der Waals surface area contributed by atoms with Crippen molar-refractivity contribution in [1.29, 1.82) is 0 Å². The summed E-state index contributed by atoms with van der Waals surface area (Å²) < 4.78 is 11.1. The lowest BCUT2D eigenvalue weighted by Gasteiger charge is -2.26. The molecule has 2 heterocycles. The second-order valence-electron chi connectivity index (χ2n) is 4.34. The standard InChI is InChI=1S/C12H15NO2/c1-8-4-9-5-11-12(15-3-2-14-11)6-10(9)13-7-8/h5-6,8,13H,2-4,7H2,1H3. The summed E-state index contributed by atoms with van der Waals surface area (Å²) in [6.07, 6.45) is 1.12. The van der Waals surface area contributed by atoms with Gasteiger partial charge in [-0.3, -0.25) is 0 Å². The number of ether oxygens (including phenoxy) is 2. The molecule has 0 aromatic heterocycles. The van der Waals surface area contributed by atoms with Crippen LogP contribution in [0.1, 0.15) is 12.5 Å². The molecule has 0 radical (unpaired) electrons. The number of anilines is 1. The number of nitrogens with one attached hydrogen (secondary N) is 1. The third-order valence-electron chi connectivity index (χ3n) is 2.98. The van der Waals surface area contributed by atoms with E-state index in [2.05, 4.69) is 24.4 Å². The molecule has 0 aliphatic carbocycles. The second-order valence-corrected chi connectivity index (χ2v) is 4.34. The summed E-state index contributed by atoms with van der Waals surface area (Å²) in [5, 5.41) is 3.43. The van der Waals surface area contributed by atoms with E-state index in [1.54, 1.807) is 0 Å². The highest BCUT2D eigenvalue weighted by Gasteiger charge is 2.20. The molecule has 3 heteroatoms. The lowest BCUT2D eigenvalue weighted by atomic mass is 9.95. The van der Waals surface area contributed by atoms with Gasteiger partial charge in [0.05, 0.1) is 0 Å². The molecule has 80 valence electrons. The maximum Gasteiger partial charge on any atom is 0.163 e. The lowest BCUT2D eigenvalue weighted by molar-refractivity contribution is 0.171. The van der Waals surface area contributed by atoms with E-state index in [-0.39, 0.29) is 0 Å². The van der Waals surface area contributed by atoms with Crippen molar-refractivity contribution in [2.24, 2.45) is 5.92 Å². The molecule has 0 spiro atoms. The summed E-state index contributed by atoms with van der Waals surface area (Å²) in [5.41, 5.74) is 2.55. The van der Waals surface area contributed by atoms with Crippen LogP contribution in [0.4, 0.5) is 5.69 Å². The van der Waals surface area contributed by atoms with Crippen molar-refractivity contribution in [2.75, 3.05) is 25.1 Å². The molecule has 1 aromatic carbocycles. The Morgan fingerprint density at radius 3 is 2.73 bits per heavy atom. The first-order valence-corrected chi connectivity index (χ1v) is 5.49. The number of hydrogen-bond donors (Lipinski definition) is 1. The van der Waals surface area contributed by atoms with Crippen LogP contribution < -0.4 is 14.8 Å². The summed E-state index contributed by atoms with van der Waals surface area (Å²) in [7, 11) is 0. The summed E-state index contributed by atoms with van der Waals surface area (Å²) in [4.78, 5) is 0. The van der Waals surface area contributed by atoms with Gasteiger partial charge < -0.3 is 14.8 Å². The second kappa shape index (κ2) is 3.33. The average Bonchev–Trinajstić information content (AvgIpc) is 2.26. The molecule has 1 N–H and O–H groups in total. The third kappa shape index (κ3) is 1.52. The number of benzene rings is 1. The monoisotopic (exact) mass is 205 g/mol. The van der Waals surface area contributed by atoms with Gasteiger partial charge in [-0.05, 0) is 24.0 Å². The van der Waals surface area contributed by atoms with Crippen LogP contribution in [-0.2, 0) is 6.42 Å². The fourth-order valence-electron chi connectivity index (χ4n) is 2.20. The molecule has 1 aromatic rings. The van der Waals surface area contributed by atoms with Gasteiger partial charge in [-0.25, -0.2) is 0 Å². The Morgan fingerprint density at radius 1 is 1.20 bits per heavy atom. The Kier molecular flexibility index (Phi) is 1.97. The van der Waals surface area contributed by atoms with Crippen molar-refractivity contribution < 1.29 is 9.47 Å². The van der Waals surface area contributed by atoms with Gasteiger partial charge in [-0.2, -0.15) is 0 Å². The van der Waals surface area contributed by atoms with Gasteiger partial charge in [0.1, 0.15) is 13.2 Å². The molecule has 0 saturated heterocycles. The number of hydrogen-bond acceptors (Lipinski definition) is 3. The minimum atomic E-state index is 0.655. The largest absolute Gasteiger partial charge is 0.486 e. The van der Waals surface area contributed by atoms with Crippen molar-refractivity contribution in [1.82, 2.24) is 0 Å². The molecule has 0 bridgehead atoms. The zero-order valence-electron chi connectivity index (χ0n) is 8.88. The van der Waals surface area contributed by atoms with Gasteiger partial charge in [0.2, 0.25) is 0 Å². The predicted octanol–water partition coefficient (Wildman–Crippen LogP) is 2.06. The maximum absolute atomic E-state index is 5.57. The van der Waals surface area contributed by atoms with E-state index >= 15 is 0 Å². The van der Waals surface area contributed by atoms with Crippen LogP contribution in [0.3, 0.4) is 0 Å². The summed E-state index contributed by atoms with van der Waals surface area (Å²) >= 11 is 0. The highest BCUT2D eigenvalue weighted by Crippen LogP contribution is 2.37. The predicted molar refractivity (Wildman–Crippen MR) is 58.8 cm³/mol. The van der Waals surface area contributed by atoms with Crippen molar-refractivity contribution in [3.63, 3.8) is 0 Å². The summed E-state index contributed by atoms with van der Waals surface area (Å²) in [6, 6.07) is 4.18. The Bertz CT molecular complexity index is 389. The van der Waals surface area contributed by atoms with E-state index in [0.717, 1.165) is 24.5 Å². The molecular weight excluding hydrogens is 190 g/mol. The third-order valence-corrected chi connectivity index (χ3v) is 2.98. The first-order valence-electron chi connectivity index (χ1n) is 5.49. The van der Waals surface area contributed by atoms with Gasteiger partial charge in [0.15, 0.2) is 11.5 Å². The van der Waals surface area contributed by atoms with Crippen LogP contribution in [0.5, 0.6) is 11.5 Å². The Balaban J connectivity index is 2.02. The molecule has 3 nitrogen and oxygen atoms in total. The van der Waals surface area contributed by atoms with E-state index in [1.807, 2.05) is 0 Å². The Labute approximate surface area is 89.4 Å². The Hall–Kier alpha value is -1.38. The summed E-state index contributed by atoms with van der Waals surface area (Å²) in [6.45, 7) is 4.62. The molecule has 0 fully saturated rings. The fourth-order valence-corrected chi connectivity index (χ4v) is 2.20. The van der Waals surface area contributed by atoms with Crippen LogP contribution >= 0.6 is 0 Å². The smallest absolute Gasteiger partial charge is 0.163 e. The maximum atomic E-state index is 5.57. The molecular formula is C12H15NO2. The molecule has 1 atom stereocenters. The average molecular weight is 205 g/mol. The minimum absolute atomic E-state index is 0.655. The zero-order chi connectivity index (χ0) is 10.3. The fraction of sp³-hybridized carbons (Fsp3) is 0.500. The van der Waals surface area contributed by atoms with Crippen molar-refractivity contribution in [2.45, 2.75) is 13.3 Å². The van der Waals surface area contributed by atoms with Crippen LogP contribution in [0, 0.1) is 5.92 Å². The minimum Gasteiger partial charge on any atom is -0.486 e. The van der Waals surface area contributed by atoms with Gasteiger partial charge in [-0.15, -0.1) is 0 Å². The highest BCUT2D eigenvalue weighted by molar-refractivity contribution is 5.62. The van der Waals surface area contributed by atoms with E-state index in [0.29, 0.717) is 19.1 Å². The molecule has 1 unspecified atom stereocenters. The van der Waals surface area contributed by atoms with Crippen LogP contribution in [0.2, 0.25) is 0 Å². The van der Waals surface area contributed by atoms with Gasteiger partial charge in [-0.1, -0.05) is 6.92 Å². The van der Waals surface area contributed by atoms with E-state index in [9.17, 15) is 0 Å². The lowest BCUT2D eigenvalue weighted by Crippen LogP contribution is -2.22. The van der Waals surface area contributed by atoms with Crippen LogP contribution in [0.25, 0.3) is 0 Å². The van der Waals surface area contributed by atoms with Gasteiger partial charge in [0.25, 0.3) is 0 Å². The molecule has 2 aliphatic heterocycles. The van der Waals surface area contributed by atoms with E-state index in [1.165, 1.54) is 11.3 Å². The van der Waals surface area contributed by atoms with Crippen LogP contribution in [0.15, 0.2) is 12.1 Å². The van der Waals surface area contributed by atoms with Crippen molar-refractivity contribution >= 4 is 5.69 Å². The van der Waals surface area contributed by atoms with Gasteiger partial charge in [0, 0.05) is 18.3 Å². The Morgan fingerprint density at radius 2 is 1.93 bits per heavy atom. The highest BCUT2D eigenvalue weighted by atomic mass is 16.6. The number of fused-ring (bicyclic) bond motifs is 2. The van der Waals surface area contributed by atoms with Crippen molar-refractivity contribution in [3.8, 4) is 11.5 Å². The molecule has 0 saturated carbocycles. The first kappa shape index (κ1) is 8.89. The first-order chi connectivity index (χ1) is 7.33. The van der Waals surface area contributed by atoms with E-state index in [4.69, 9.17) is 9.47 Å². The normalized spacial score (nSPS) is 22.9. The van der Waals surface area contributed by atoms with Crippen LogP contribution in [-0.4, -0.2) is 19.8 Å². The quantitative estimate of drug-likeness (QED) is 0.703.